The molecule has 0 atom stereocenters. The zero-order valence-corrected chi connectivity index (χ0v) is 23.1. The smallest absolute Gasteiger partial charge is 0.258 e. The van der Waals surface area contributed by atoms with Gasteiger partial charge in [0, 0.05) is 31.4 Å². The van der Waals surface area contributed by atoms with E-state index in [2.05, 4.69) is 22.3 Å². The Morgan fingerprint density at radius 2 is 1.49 bits per heavy atom. The summed E-state index contributed by atoms with van der Waals surface area (Å²) in [6, 6.07) is 14.8. The van der Waals surface area contributed by atoms with Crippen LogP contribution in [0.2, 0.25) is 6.04 Å². The van der Waals surface area contributed by atoms with Gasteiger partial charge in [0.05, 0.1) is 4.92 Å². The monoisotopic (exact) mass is 547 g/mol. The van der Waals surface area contributed by atoms with Crippen molar-refractivity contribution in [3.63, 3.8) is 0 Å². The van der Waals surface area contributed by atoms with Gasteiger partial charge in [-0.1, -0.05) is 24.3 Å². The molecule has 0 aliphatic rings. The Bertz CT molecular complexity index is 1110. The average molecular weight is 547 g/mol. The number of benzene rings is 2. The number of unbranched alkanes of at least 4 members (excludes halogenated alkanes) is 3. The molecule has 39 heavy (non-hydrogen) atoms. The Kier molecular flexibility index (Phi) is 13.9. The normalized spacial score (nSPS) is 10.8. The fourth-order valence-corrected chi connectivity index (χ4v) is 5.04. The van der Waals surface area contributed by atoms with E-state index in [1.807, 2.05) is 31.3 Å². The summed E-state index contributed by atoms with van der Waals surface area (Å²) in [5.41, 5.74) is 3.11. The third kappa shape index (κ3) is 11.4. The van der Waals surface area contributed by atoms with Gasteiger partial charge in [-0.2, -0.15) is 0 Å². The van der Waals surface area contributed by atoms with Crippen molar-refractivity contribution in [1.82, 2.24) is 5.32 Å². The van der Waals surface area contributed by atoms with Crippen LogP contribution in [0.4, 0.5) is 16.2 Å². The third-order valence-corrected chi connectivity index (χ3v) is 8.78. The minimum Gasteiger partial charge on any atom is -0.258 e. The Hall–Kier alpha value is -3.54. The third-order valence-electron chi connectivity index (χ3n) is 6.24. The first-order valence-electron chi connectivity index (χ1n) is 12.9. The number of alkyl carbamates (subject to hydrolysis) is 1. The zero-order chi connectivity index (χ0) is 28.5. The summed E-state index contributed by atoms with van der Waals surface area (Å²) in [6.07, 6.45) is 7.39. The van der Waals surface area contributed by atoms with E-state index in [1.54, 1.807) is 12.1 Å². The van der Waals surface area contributed by atoms with Crippen molar-refractivity contribution in [3.05, 3.63) is 69.8 Å². The summed E-state index contributed by atoms with van der Waals surface area (Å²) in [6.45, 7) is 2.84. The maximum Gasteiger partial charge on any atom is 0.269 e. The minimum absolute atomic E-state index is 0.0724. The van der Waals surface area contributed by atoms with Gasteiger partial charge in [-0.25, -0.2) is 0 Å². The van der Waals surface area contributed by atoms with Gasteiger partial charge >= 0.3 is 114 Å². The van der Waals surface area contributed by atoms with Crippen molar-refractivity contribution in [3.8, 4) is 0 Å². The van der Waals surface area contributed by atoms with Crippen LogP contribution in [0.15, 0.2) is 48.5 Å². The number of nitrogens with zero attached hydrogens (tertiary/aromatic N) is 2. The number of carbonyl (C=O) groups is 1. The van der Waals surface area contributed by atoms with Crippen molar-refractivity contribution in [1.29, 1.82) is 0 Å². The van der Waals surface area contributed by atoms with E-state index in [-0.39, 0.29) is 18.3 Å². The van der Waals surface area contributed by atoms with Crippen LogP contribution in [-0.4, -0.2) is 65.7 Å². The van der Waals surface area contributed by atoms with Crippen LogP contribution < -0.4 is 10.2 Å². The number of nitrogens with one attached hydrogen (secondary N) is 1. The standard InChI is InChI=1S/C25H32B3N3O7Si/c1-30(23-13-9-21(10-14-23)7-8-22-11-15-24(16-12-22)31(36)37)18-4-2-3-5-19-38-25(32)29-17-6-20-39(26-33,27-34)28-35/h7-16H,2-6,17-20H2,1H3,(H,29,32). The van der Waals surface area contributed by atoms with Gasteiger partial charge in [0.15, 0.2) is 0 Å². The average Bonchev–Trinajstić information content (AvgIpc) is 2.96. The van der Waals surface area contributed by atoms with E-state index in [0.29, 0.717) is 33.3 Å². The number of hydrogen-bond acceptors (Lipinski definition) is 8. The molecule has 0 saturated carbocycles. The molecule has 2 aromatic rings. The molecule has 0 heterocycles. The Balaban J connectivity index is 1.57. The molecule has 2 rings (SSSR count). The van der Waals surface area contributed by atoms with E-state index in [0.717, 1.165) is 49.0 Å². The number of amides is 1. The second-order valence-electron chi connectivity index (χ2n) is 9.24. The predicted octanol–water partition coefficient (Wildman–Crippen LogP) is 3.97. The number of anilines is 1. The molecule has 0 bridgehead atoms. The number of non-ortho nitro benzene ring substituents is 1. The van der Waals surface area contributed by atoms with Gasteiger partial charge in [0.1, 0.15) is 0 Å². The number of nitro benzene ring substituents is 1. The van der Waals surface area contributed by atoms with Crippen molar-refractivity contribution in [2.45, 2.75) is 38.1 Å². The molecular formula is C25H32B3N3O7Si. The van der Waals surface area contributed by atoms with E-state index < -0.39 is 18.7 Å². The van der Waals surface area contributed by atoms with E-state index >= 15 is 0 Å². The van der Waals surface area contributed by atoms with Crippen LogP contribution >= 0.6 is 0 Å². The topological polar surface area (TPSA) is 136 Å². The Morgan fingerprint density at radius 1 is 0.923 bits per heavy atom. The van der Waals surface area contributed by atoms with E-state index in [4.69, 9.17) is 4.74 Å². The second-order valence-corrected chi connectivity index (χ2v) is 12.7. The van der Waals surface area contributed by atoms with Gasteiger partial charge < -0.3 is 4.90 Å². The molecule has 0 spiro atoms. The van der Waals surface area contributed by atoms with Crippen LogP contribution in [0.25, 0.3) is 12.2 Å². The molecule has 0 fully saturated rings. The van der Waals surface area contributed by atoms with Crippen molar-refractivity contribution >= 4 is 57.5 Å². The summed E-state index contributed by atoms with van der Waals surface area (Å²) in [5, 5.41) is 13.3. The first kappa shape index (κ1) is 31.7. The molecule has 14 heteroatoms. The van der Waals surface area contributed by atoms with Crippen molar-refractivity contribution in [2.24, 2.45) is 0 Å². The molecule has 202 valence electrons. The predicted molar refractivity (Wildman–Crippen MR) is 154 cm³/mol. The largest absolute Gasteiger partial charge is 0.269 e. The summed E-state index contributed by atoms with van der Waals surface area (Å²) in [7, 11) is -1.10. The van der Waals surface area contributed by atoms with Crippen LogP contribution in [0.5, 0.6) is 0 Å². The van der Waals surface area contributed by atoms with Gasteiger partial charge in [-0.05, 0) is 35.4 Å². The first-order chi connectivity index (χ1) is 18.8. The molecule has 0 unspecified atom stereocenters. The van der Waals surface area contributed by atoms with Crippen LogP contribution in [0.1, 0.15) is 43.2 Å². The molecular weight excluding hydrogens is 515 g/mol. The Labute approximate surface area is 230 Å². The summed E-state index contributed by atoms with van der Waals surface area (Å²) < 4.78 is 38.0. The summed E-state index contributed by atoms with van der Waals surface area (Å²) in [5.74, 6) is 0. The maximum atomic E-state index is 11.7. The Morgan fingerprint density at radius 3 is 2.05 bits per heavy atom. The second kappa shape index (κ2) is 17.1. The number of ether oxygens (including phenoxy) is 1. The molecule has 0 aliphatic carbocycles. The molecule has 1 N–H and O–H groups in total. The fourth-order valence-electron chi connectivity index (χ4n) is 3.73. The van der Waals surface area contributed by atoms with Gasteiger partial charge in [-0.3, -0.25) is 10.1 Å². The maximum absolute atomic E-state index is 11.7. The van der Waals surface area contributed by atoms with Crippen molar-refractivity contribution < 1.29 is 28.6 Å². The molecule has 2 aromatic carbocycles. The minimum atomic E-state index is -3.14. The van der Waals surface area contributed by atoms with Crippen LogP contribution in [-0.2, 0) is 18.9 Å². The molecule has 10 nitrogen and oxygen atoms in total. The SMILES string of the molecule is CN(CCCCCCOC(=O)NCCC[Si](B=O)(B=O)B=O)c1ccc(C=Cc2ccc([N+](=O)[O-])cc2)cc1. The molecule has 0 aromatic heterocycles. The quantitative estimate of drug-likeness (QED) is 0.0975. The molecule has 0 saturated heterocycles. The van der Waals surface area contributed by atoms with E-state index in [1.165, 1.54) is 12.1 Å². The van der Waals surface area contributed by atoms with Gasteiger partial charge in [0.2, 0.25) is 0 Å². The van der Waals surface area contributed by atoms with Gasteiger partial charge in [-0.15, -0.1) is 0 Å². The number of nitro groups is 1. The fraction of sp³-hybridized carbons (Fsp3) is 0.400. The number of rotatable bonds is 18. The van der Waals surface area contributed by atoms with E-state index in [9.17, 15) is 29.0 Å². The number of carbonyl (C=O) groups excluding carboxylic acids is 1. The summed E-state index contributed by atoms with van der Waals surface area (Å²) >= 11 is 0. The zero-order valence-electron chi connectivity index (χ0n) is 22.1. The van der Waals surface area contributed by atoms with Crippen LogP contribution in [0, 0.1) is 10.1 Å². The molecule has 0 aliphatic heterocycles. The molecule has 1 amide bonds. The van der Waals surface area contributed by atoms with Crippen LogP contribution in [0.3, 0.4) is 0 Å². The molecule has 0 radical (unpaired) electrons. The van der Waals surface area contributed by atoms with Gasteiger partial charge in [0.25, 0.3) is 5.69 Å². The van der Waals surface area contributed by atoms with Crippen molar-refractivity contribution in [2.75, 3.05) is 31.6 Å². The first-order valence-corrected chi connectivity index (χ1v) is 15.3. The number of hydrogen-bond donors (Lipinski definition) is 1. The summed E-state index contributed by atoms with van der Waals surface area (Å²) in [4.78, 5) is 24.2.